The molecule has 1 N–H and O–H groups in total. The molecule has 0 aliphatic carbocycles. The van der Waals surface area contributed by atoms with Crippen LogP contribution in [0.5, 0.6) is 0 Å². The predicted molar refractivity (Wildman–Crippen MR) is 51.4 cm³/mol. The second-order valence-corrected chi connectivity index (χ2v) is 4.94. The molecule has 0 aliphatic rings. The zero-order chi connectivity index (χ0) is 11.0. The van der Waals surface area contributed by atoms with Crippen molar-refractivity contribution in [3.63, 3.8) is 0 Å². The van der Waals surface area contributed by atoms with Crippen LogP contribution in [0, 0.1) is 0 Å². The zero-order valence-electron chi connectivity index (χ0n) is 7.84. The molecule has 8 heteroatoms. The van der Waals surface area contributed by atoms with Crippen molar-refractivity contribution in [3.05, 3.63) is 0 Å². The Balaban J connectivity index is 3.41. The van der Waals surface area contributed by atoms with Crippen LogP contribution in [0.2, 0.25) is 0 Å². The van der Waals surface area contributed by atoms with Crippen molar-refractivity contribution < 1.29 is 25.5 Å². The fraction of sp³-hybridized carbons (Fsp3) is 1.00. The largest absolute Gasteiger partial charge is 0.304 e. The van der Waals surface area contributed by atoms with Crippen molar-refractivity contribution in [3.8, 4) is 0 Å². The highest BCUT2D eigenvalue weighted by Gasteiger charge is 2.05. The molecule has 14 heavy (non-hydrogen) atoms. The Hall–Kier alpha value is -0.0200. The van der Waals surface area contributed by atoms with E-state index < -0.39 is 27.2 Å². The Bertz CT molecular complexity index is 259. The standard InChI is InChI=1S/C6H14O6S2/c1-2-4-11-13(7)12-5-3-6-14(8,9)10/h2-6H2,1H3,(H,8,9,10). The molecule has 1 unspecified atom stereocenters. The molecule has 0 aromatic carbocycles. The van der Waals surface area contributed by atoms with Crippen LogP contribution in [-0.4, -0.2) is 36.1 Å². The van der Waals surface area contributed by atoms with Crippen LogP contribution >= 0.6 is 0 Å². The minimum Gasteiger partial charge on any atom is -0.286 e. The SMILES string of the molecule is CCCOS(=O)OCCCS(=O)(=O)O. The molecule has 6 nitrogen and oxygen atoms in total. The van der Waals surface area contributed by atoms with Crippen molar-refractivity contribution in [2.45, 2.75) is 19.8 Å². The van der Waals surface area contributed by atoms with Crippen molar-refractivity contribution >= 4 is 21.5 Å². The van der Waals surface area contributed by atoms with Gasteiger partial charge in [-0.05, 0) is 12.8 Å². The molecule has 0 heterocycles. The molecule has 0 fully saturated rings. The van der Waals surface area contributed by atoms with Crippen molar-refractivity contribution in [2.75, 3.05) is 19.0 Å². The van der Waals surface area contributed by atoms with Gasteiger partial charge in [0.1, 0.15) is 0 Å². The van der Waals surface area contributed by atoms with E-state index in [9.17, 15) is 12.6 Å². The fourth-order valence-electron chi connectivity index (χ4n) is 0.554. The predicted octanol–water partition coefficient (Wildman–Crippen LogP) is 0.286. The summed E-state index contributed by atoms with van der Waals surface area (Å²) >= 11 is -1.82. The first kappa shape index (κ1) is 14.0. The summed E-state index contributed by atoms with van der Waals surface area (Å²) in [4.78, 5) is 0. The first-order chi connectivity index (χ1) is 6.45. The Morgan fingerprint density at radius 1 is 1.29 bits per heavy atom. The van der Waals surface area contributed by atoms with Gasteiger partial charge in [0, 0.05) is 0 Å². The Kier molecular flexibility index (Phi) is 7.28. The average Bonchev–Trinajstić information content (AvgIpc) is 2.07. The van der Waals surface area contributed by atoms with Crippen molar-refractivity contribution in [2.24, 2.45) is 0 Å². The molecule has 1 atom stereocenters. The van der Waals surface area contributed by atoms with Gasteiger partial charge in [-0.25, -0.2) is 0 Å². The summed E-state index contributed by atoms with van der Waals surface area (Å²) in [7, 11) is -3.96. The van der Waals surface area contributed by atoms with Crippen LogP contribution in [0.1, 0.15) is 19.8 Å². The Morgan fingerprint density at radius 3 is 2.36 bits per heavy atom. The minimum absolute atomic E-state index is 0.0316. The van der Waals surface area contributed by atoms with E-state index in [0.29, 0.717) is 6.61 Å². The number of rotatable bonds is 8. The summed E-state index contributed by atoms with van der Waals surface area (Å²) in [6.07, 6.45) is 0.806. The molecular weight excluding hydrogens is 232 g/mol. The Morgan fingerprint density at radius 2 is 1.86 bits per heavy atom. The second-order valence-electron chi connectivity index (χ2n) is 2.49. The van der Waals surface area contributed by atoms with E-state index in [1.165, 1.54) is 0 Å². The van der Waals surface area contributed by atoms with Gasteiger partial charge in [-0.15, -0.1) is 0 Å². The van der Waals surface area contributed by atoms with Crippen molar-refractivity contribution in [1.82, 2.24) is 0 Å². The second kappa shape index (κ2) is 7.30. The molecule has 0 aromatic heterocycles. The number of hydrogen-bond donors (Lipinski definition) is 1. The van der Waals surface area contributed by atoms with E-state index in [0.717, 1.165) is 6.42 Å². The van der Waals surface area contributed by atoms with E-state index in [1.807, 2.05) is 6.92 Å². The van der Waals surface area contributed by atoms with Crippen LogP contribution in [0.25, 0.3) is 0 Å². The van der Waals surface area contributed by atoms with Crippen LogP contribution in [0.4, 0.5) is 0 Å². The van der Waals surface area contributed by atoms with E-state index in [2.05, 4.69) is 8.37 Å². The smallest absolute Gasteiger partial charge is 0.286 e. The van der Waals surface area contributed by atoms with Gasteiger partial charge in [0.15, 0.2) is 0 Å². The normalized spacial score (nSPS) is 14.1. The molecule has 0 radical (unpaired) electrons. The van der Waals surface area contributed by atoms with Gasteiger partial charge in [0.2, 0.25) is 0 Å². The van der Waals surface area contributed by atoms with E-state index >= 15 is 0 Å². The van der Waals surface area contributed by atoms with Crippen LogP contribution in [-0.2, 0) is 29.8 Å². The molecule has 0 saturated carbocycles. The molecular formula is C6H14O6S2. The molecule has 0 aromatic rings. The highest BCUT2D eigenvalue weighted by molar-refractivity contribution is 7.85. The van der Waals surface area contributed by atoms with E-state index in [4.69, 9.17) is 4.55 Å². The van der Waals surface area contributed by atoms with Crippen molar-refractivity contribution in [1.29, 1.82) is 0 Å². The molecule has 0 aliphatic heterocycles. The van der Waals surface area contributed by atoms with Gasteiger partial charge < -0.3 is 0 Å². The van der Waals surface area contributed by atoms with E-state index in [-0.39, 0.29) is 13.0 Å². The maximum atomic E-state index is 10.8. The molecule has 0 amide bonds. The fourth-order valence-corrected chi connectivity index (χ4v) is 1.66. The summed E-state index contributed by atoms with van der Waals surface area (Å²) in [5.41, 5.74) is 0. The summed E-state index contributed by atoms with van der Waals surface area (Å²) in [6, 6.07) is 0. The molecule has 86 valence electrons. The summed E-state index contributed by atoms with van der Waals surface area (Å²) in [5, 5.41) is 0. The topological polar surface area (TPSA) is 89.9 Å². The summed E-state index contributed by atoms with van der Waals surface area (Å²) in [6.45, 7) is 2.15. The maximum absolute atomic E-state index is 10.8. The third kappa shape index (κ3) is 10.1. The lowest BCUT2D eigenvalue weighted by molar-refractivity contribution is 0.249. The molecule has 0 bridgehead atoms. The lowest BCUT2D eigenvalue weighted by Gasteiger charge is -2.01. The first-order valence-electron chi connectivity index (χ1n) is 4.09. The lowest BCUT2D eigenvalue weighted by atomic mass is 10.5. The molecule has 0 rings (SSSR count). The van der Waals surface area contributed by atoms with Crippen LogP contribution in [0.3, 0.4) is 0 Å². The lowest BCUT2D eigenvalue weighted by Crippen LogP contribution is -2.09. The van der Waals surface area contributed by atoms with Crippen LogP contribution in [0.15, 0.2) is 0 Å². The van der Waals surface area contributed by atoms with Gasteiger partial charge in [0.05, 0.1) is 19.0 Å². The molecule has 0 saturated heterocycles. The third-order valence-electron chi connectivity index (χ3n) is 1.11. The van der Waals surface area contributed by atoms with Crippen LogP contribution < -0.4 is 0 Å². The highest BCUT2D eigenvalue weighted by Crippen LogP contribution is 1.95. The monoisotopic (exact) mass is 246 g/mol. The van der Waals surface area contributed by atoms with Gasteiger partial charge in [-0.2, -0.15) is 12.6 Å². The van der Waals surface area contributed by atoms with Gasteiger partial charge in [-0.1, -0.05) is 6.92 Å². The van der Waals surface area contributed by atoms with E-state index in [1.54, 1.807) is 0 Å². The van der Waals surface area contributed by atoms with Gasteiger partial charge in [0.25, 0.3) is 10.1 Å². The highest BCUT2D eigenvalue weighted by atomic mass is 32.2. The summed E-state index contributed by atoms with van der Waals surface area (Å²) < 4.78 is 48.9. The first-order valence-corrected chi connectivity index (χ1v) is 6.70. The summed E-state index contributed by atoms with van der Waals surface area (Å²) in [5.74, 6) is -0.405. The quantitative estimate of drug-likeness (QED) is 0.489. The number of hydrogen-bond acceptors (Lipinski definition) is 5. The minimum atomic E-state index is -3.96. The molecule has 0 spiro atoms. The average molecular weight is 246 g/mol. The Labute approximate surface area is 86.2 Å². The third-order valence-corrected chi connectivity index (χ3v) is 2.63. The van der Waals surface area contributed by atoms with Gasteiger partial charge in [-0.3, -0.25) is 12.9 Å². The van der Waals surface area contributed by atoms with Gasteiger partial charge >= 0.3 is 11.4 Å². The maximum Gasteiger partial charge on any atom is 0.304 e. The zero-order valence-corrected chi connectivity index (χ0v) is 9.47.